The van der Waals surface area contributed by atoms with Gasteiger partial charge in [-0.1, -0.05) is 30.3 Å². The molecule has 2 N–H and O–H groups in total. The van der Waals surface area contributed by atoms with Crippen molar-refractivity contribution in [1.29, 1.82) is 0 Å². The Morgan fingerprint density at radius 3 is 2.15 bits per heavy atom. The SMILES string of the molecule is COC(c1ccccc1)[C@@H](C)N.Cl. The topological polar surface area (TPSA) is 35.2 Å². The summed E-state index contributed by atoms with van der Waals surface area (Å²) in [5, 5.41) is 0. The Bertz CT molecular complexity index is 226. The first-order valence-electron chi connectivity index (χ1n) is 4.09. The fourth-order valence-electron chi connectivity index (χ4n) is 1.30. The largest absolute Gasteiger partial charge is 0.375 e. The molecule has 2 atom stereocenters. The molecule has 0 saturated carbocycles. The van der Waals surface area contributed by atoms with Crippen molar-refractivity contribution in [3.8, 4) is 0 Å². The number of halogens is 1. The van der Waals surface area contributed by atoms with Gasteiger partial charge in [0.1, 0.15) is 0 Å². The molecule has 1 aromatic rings. The number of hydrogen-bond acceptors (Lipinski definition) is 2. The molecule has 0 aromatic heterocycles. The van der Waals surface area contributed by atoms with E-state index in [1.807, 2.05) is 37.3 Å². The molecule has 13 heavy (non-hydrogen) atoms. The Balaban J connectivity index is 0.00000144. The summed E-state index contributed by atoms with van der Waals surface area (Å²) in [6.45, 7) is 1.95. The van der Waals surface area contributed by atoms with E-state index in [-0.39, 0.29) is 24.6 Å². The summed E-state index contributed by atoms with van der Waals surface area (Å²) in [7, 11) is 1.68. The minimum atomic E-state index is 0. The van der Waals surface area contributed by atoms with Crippen molar-refractivity contribution in [2.45, 2.75) is 19.1 Å². The summed E-state index contributed by atoms with van der Waals surface area (Å²) >= 11 is 0. The van der Waals surface area contributed by atoms with Gasteiger partial charge in [-0.15, -0.1) is 12.4 Å². The molecule has 0 aliphatic heterocycles. The third-order valence-corrected chi connectivity index (χ3v) is 1.86. The standard InChI is InChI=1S/C10H15NO.ClH/c1-8(11)10(12-2)9-6-4-3-5-7-9;/h3-8,10H,11H2,1-2H3;1H/t8-,10?;/m1./s1. The first-order valence-corrected chi connectivity index (χ1v) is 4.09. The molecule has 2 nitrogen and oxygen atoms in total. The average molecular weight is 202 g/mol. The van der Waals surface area contributed by atoms with E-state index in [1.165, 1.54) is 0 Å². The molecule has 0 aliphatic carbocycles. The third-order valence-electron chi connectivity index (χ3n) is 1.86. The van der Waals surface area contributed by atoms with Crippen molar-refractivity contribution in [3.63, 3.8) is 0 Å². The van der Waals surface area contributed by atoms with Gasteiger partial charge in [0.25, 0.3) is 0 Å². The predicted octanol–water partition coefficient (Wildman–Crippen LogP) is 2.14. The summed E-state index contributed by atoms with van der Waals surface area (Å²) in [5.74, 6) is 0. The van der Waals surface area contributed by atoms with Crippen molar-refractivity contribution in [3.05, 3.63) is 35.9 Å². The van der Waals surface area contributed by atoms with E-state index in [1.54, 1.807) is 7.11 Å². The number of benzene rings is 1. The van der Waals surface area contributed by atoms with Gasteiger partial charge in [0.2, 0.25) is 0 Å². The highest BCUT2D eigenvalue weighted by Crippen LogP contribution is 2.18. The Hall–Kier alpha value is -0.570. The fraction of sp³-hybridized carbons (Fsp3) is 0.400. The molecular formula is C10H16ClNO. The van der Waals surface area contributed by atoms with Crippen LogP contribution in [-0.2, 0) is 4.74 Å². The van der Waals surface area contributed by atoms with Gasteiger partial charge in [-0.05, 0) is 12.5 Å². The van der Waals surface area contributed by atoms with E-state index in [0.717, 1.165) is 5.56 Å². The molecule has 3 heteroatoms. The second kappa shape index (κ2) is 5.97. The molecule has 1 unspecified atom stereocenters. The maximum atomic E-state index is 5.75. The minimum absolute atomic E-state index is 0. The monoisotopic (exact) mass is 201 g/mol. The van der Waals surface area contributed by atoms with Gasteiger partial charge in [-0.3, -0.25) is 0 Å². The van der Waals surface area contributed by atoms with Crippen LogP contribution < -0.4 is 5.73 Å². The van der Waals surface area contributed by atoms with Gasteiger partial charge in [-0.25, -0.2) is 0 Å². The van der Waals surface area contributed by atoms with Crippen LogP contribution in [0.25, 0.3) is 0 Å². The van der Waals surface area contributed by atoms with Crippen molar-refractivity contribution in [2.24, 2.45) is 5.73 Å². The number of nitrogens with two attached hydrogens (primary N) is 1. The highest BCUT2D eigenvalue weighted by molar-refractivity contribution is 5.85. The molecule has 1 aromatic carbocycles. The van der Waals surface area contributed by atoms with Gasteiger partial charge >= 0.3 is 0 Å². The zero-order valence-corrected chi connectivity index (χ0v) is 8.75. The Kier molecular flexibility index (Phi) is 5.71. The van der Waals surface area contributed by atoms with Crippen LogP contribution in [0.2, 0.25) is 0 Å². The number of methoxy groups -OCH3 is 1. The van der Waals surface area contributed by atoms with Crippen LogP contribution in [0.15, 0.2) is 30.3 Å². The van der Waals surface area contributed by atoms with Crippen LogP contribution in [0.3, 0.4) is 0 Å². The van der Waals surface area contributed by atoms with Crippen molar-refractivity contribution in [1.82, 2.24) is 0 Å². The van der Waals surface area contributed by atoms with E-state index in [0.29, 0.717) is 0 Å². The van der Waals surface area contributed by atoms with E-state index in [2.05, 4.69) is 0 Å². The van der Waals surface area contributed by atoms with Crippen molar-refractivity contribution >= 4 is 12.4 Å². The first kappa shape index (κ1) is 12.4. The number of rotatable bonds is 3. The second-order valence-corrected chi connectivity index (χ2v) is 2.93. The van der Waals surface area contributed by atoms with Gasteiger partial charge in [0.15, 0.2) is 0 Å². The van der Waals surface area contributed by atoms with Crippen LogP contribution in [0.4, 0.5) is 0 Å². The Morgan fingerprint density at radius 2 is 1.77 bits per heavy atom. The Labute approximate surface area is 85.5 Å². The average Bonchev–Trinajstić information content (AvgIpc) is 2.07. The van der Waals surface area contributed by atoms with E-state index < -0.39 is 0 Å². The molecule has 0 aliphatic rings. The predicted molar refractivity (Wildman–Crippen MR) is 57.1 cm³/mol. The molecule has 0 spiro atoms. The summed E-state index contributed by atoms with van der Waals surface area (Å²) in [6, 6.07) is 10.0. The van der Waals surface area contributed by atoms with Gasteiger partial charge in [0, 0.05) is 13.2 Å². The zero-order valence-electron chi connectivity index (χ0n) is 7.94. The lowest BCUT2D eigenvalue weighted by molar-refractivity contribution is 0.0854. The fourth-order valence-corrected chi connectivity index (χ4v) is 1.30. The second-order valence-electron chi connectivity index (χ2n) is 2.93. The summed E-state index contributed by atoms with van der Waals surface area (Å²) < 4.78 is 5.27. The molecular weight excluding hydrogens is 186 g/mol. The van der Waals surface area contributed by atoms with Gasteiger partial charge < -0.3 is 10.5 Å². The quantitative estimate of drug-likeness (QED) is 0.814. The molecule has 0 fully saturated rings. The number of hydrogen-bond donors (Lipinski definition) is 1. The van der Waals surface area contributed by atoms with Gasteiger partial charge in [0.05, 0.1) is 6.10 Å². The van der Waals surface area contributed by atoms with E-state index >= 15 is 0 Å². The maximum absolute atomic E-state index is 5.75. The highest BCUT2D eigenvalue weighted by atomic mass is 35.5. The lowest BCUT2D eigenvalue weighted by Gasteiger charge is -2.19. The maximum Gasteiger partial charge on any atom is 0.0969 e. The Morgan fingerprint density at radius 1 is 1.23 bits per heavy atom. The van der Waals surface area contributed by atoms with Crippen molar-refractivity contribution < 1.29 is 4.74 Å². The first-order chi connectivity index (χ1) is 5.75. The van der Waals surface area contributed by atoms with Crippen LogP contribution in [0, 0.1) is 0 Å². The zero-order chi connectivity index (χ0) is 8.97. The van der Waals surface area contributed by atoms with Crippen LogP contribution in [0.5, 0.6) is 0 Å². The summed E-state index contributed by atoms with van der Waals surface area (Å²) in [4.78, 5) is 0. The molecule has 74 valence electrons. The summed E-state index contributed by atoms with van der Waals surface area (Å²) in [6.07, 6.45) is 0.00574. The molecule has 0 saturated heterocycles. The number of ether oxygens (including phenoxy) is 1. The summed E-state index contributed by atoms with van der Waals surface area (Å²) in [5.41, 5.74) is 6.89. The van der Waals surface area contributed by atoms with E-state index in [4.69, 9.17) is 10.5 Å². The smallest absolute Gasteiger partial charge is 0.0969 e. The van der Waals surface area contributed by atoms with Gasteiger partial charge in [-0.2, -0.15) is 0 Å². The van der Waals surface area contributed by atoms with Crippen LogP contribution >= 0.6 is 12.4 Å². The minimum Gasteiger partial charge on any atom is -0.375 e. The molecule has 0 bridgehead atoms. The lowest BCUT2D eigenvalue weighted by Crippen LogP contribution is -2.25. The molecule has 0 radical (unpaired) electrons. The van der Waals surface area contributed by atoms with Crippen LogP contribution in [0.1, 0.15) is 18.6 Å². The molecule has 0 amide bonds. The van der Waals surface area contributed by atoms with E-state index in [9.17, 15) is 0 Å². The normalized spacial score (nSPS) is 14.4. The highest BCUT2D eigenvalue weighted by Gasteiger charge is 2.13. The van der Waals surface area contributed by atoms with Crippen molar-refractivity contribution in [2.75, 3.05) is 7.11 Å². The van der Waals surface area contributed by atoms with Crippen LogP contribution in [-0.4, -0.2) is 13.2 Å². The third kappa shape index (κ3) is 3.35. The molecule has 1 rings (SSSR count). The molecule has 0 heterocycles. The lowest BCUT2D eigenvalue weighted by atomic mass is 10.0.